The van der Waals surface area contributed by atoms with Gasteiger partial charge in [0.25, 0.3) is 5.91 Å². The highest BCUT2D eigenvalue weighted by atomic mass is 16.2. The molecule has 3 N–H and O–H groups in total. The number of hydrogen-bond donors (Lipinski definition) is 3. The lowest BCUT2D eigenvalue weighted by molar-refractivity contribution is -0.116. The van der Waals surface area contributed by atoms with Gasteiger partial charge in [0.1, 0.15) is 0 Å². The van der Waals surface area contributed by atoms with Gasteiger partial charge < -0.3 is 16.0 Å². The molecule has 5 nitrogen and oxygen atoms in total. The van der Waals surface area contributed by atoms with Crippen molar-refractivity contribution in [2.24, 2.45) is 0 Å². The van der Waals surface area contributed by atoms with E-state index in [9.17, 15) is 9.59 Å². The molecule has 0 unspecified atom stereocenters. The number of hydrogen-bond acceptors (Lipinski definition) is 3. The number of rotatable bonds is 7. The Hall–Kier alpha value is -1.88. The first-order valence-corrected chi connectivity index (χ1v) is 7.32. The average molecular weight is 291 g/mol. The van der Waals surface area contributed by atoms with Crippen molar-refractivity contribution in [3.63, 3.8) is 0 Å². The van der Waals surface area contributed by atoms with Gasteiger partial charge in [-0.2, -0.15) is 0 Å². The largest absolute Gasteiger partial charge is 0.350 e. The van der Waals surface area contributed by atoms with E-state index in [2.05, 4.69) is 16.0 Å². The molecular formula is C16H25N3O2. The topological polar surface area (TPSA) is 70.2 Å². The van der Waals surface area contributed by atoms with Gasteiger partial charge >= 0.3 is 0 Å². The van der Waals surface area contributed by atoms with E-state index < -0.39 is 0 Å². The molecule has 0 bridgehead atoms. The predicted molar refractivity (Wildman–Crippen MR) is 85.4 cm³/mol. The molecular weight excluding hydrogens is 266 g/mol. The third-order valence-corrected chi connectivity index (χ3v) is 2.76. The lowest BCUT2D eigenvalue weighted by Gasteiger charge is -2.10. The number of nitrogens with one attached hydrogen (secondary N) is 3. The van der Waals surface area contributed by atoms with Crippen LogP contribution in [0, 0.1) is 0 Å². The second-order valence-corrected chi connectivity index (χ2v) is 5.61. The minimum absolute atomic E-state index is 0.0393. The first kappa shape index (κ1) is 17.2. The van der Waals surface area contributed by atoms with Crippen molar-refractivity contribution in [1.82, 2.24) is 10.6 Å². The molecule has 0 spiro atoms. The minimum Gasteiger partial charge on any atom is -0.350 e. The van der Waals surface area contributed by atoms with Crippen LogP contribution in [-0.2, 0) is 4.79 Å². The van der Waals surface area contributed by atoms with E-state index in [1.807, 2.05) is 27.7 Å². The van der Waals surface area contributed by atoms with E-state index in [1.54, 1.807) is 24.3 Å². The summed E-state index contributed by atoms with van der Waals surface area (Å²) in [4.78, 5) is 23.5. The van der Waals surface area contributed by atoms with Crippen LogP contribution in [0.4, 0.5) is 5.69 Å². The summed E-state index contributed by atoms with van der Waals surface area (Å²) in [6.07, 6.45) is 0.424. The maximum atomic E-state index is 11.8. The molecule has 0 aromatic heterocycles. The van der Waals surface area contributed by atoms with Gasteiger partial charge in [0.2, 0.25) is 5.91 Å². The second kappa shape index (κ2) is 8.42. The van der Waals surface area contributed by atoms with Gasteiger partial charge in [-0.3, -0.25) is 9.59 Å². The first-order valence-electron chi connectivity index (χ1n) is 7.32. The summed E-state index contributed by atoms with van der Waals surface area (Å²) >= 11 is 0. The summed E-state index contributed by atoms with van der Waals surface area (Å²) in [5, 5.41) is 8.83. The van der Waals surface area contributed by atoms with Gasteiger partial charge in [0.05, 0.1) is 0 Å². The first-order chi connectivity index (χ1) is 9.88. The SMILES string of the molecule is CC(C)NCCC(=O)Nc1ccc(C(=O)NC(C)C)cc1. The molecule has 0 aliphatic heterocycles. The van der Waals surface area contributed by atoms with Crippen molar-refractivity contribution in [2.75, 3.05) is 11.9 Å². The fourth-order valence-corrected chi connectivity index (χ4v) is 1.75. The fraction of sp³-hybridized carbons (Fsp3) is 0.500. The molecule has 0 heterocycles. The Morgan fingerprint density at radius 2 is 1.62 bits per heavy atom. The van der Waals surface area contributed by atoms with Crippen LogP contribution in [0.5, 0.6) is 0 Å². The van der Waals surface area contributed by atoms with Crippen molar-refractivity contribution >= 4 is 17.5 Å². The third kappa shape index (κ3) is 6.90. The number of amides is 2. The van der Waals surface area contributed by atoms with Crippen LogP contribution in [0.15, 0.2) is 24.3 Å². The van der Waals surface area contributed by atoms with Gasteiger partial charge in [-0.15, -0.1) is 0 Å². The molecule has 1 rings (SSSR count). The summed E-state index contributed by atoms with van der Waals surface area (Å²) in [7, 11) is 0. The zero-order valence-corrected chi connectivity index (χ0v) is 13.2. The van der Waals surface area contributed by atoms with Gasteiger partial charge in [0, 0.05) is 36.3 Å². The molecule has 116 valence electrons. The van der Waals surface area contributed by atoms with E-state index in [0.29, 0.717) is 30.3 Å². The maximum absolute atomic E-state index is 11.8. The molecule has 2 amide bonds. The van der Waals surface area contributed by atoms with Gasteiger partial charge in [0.15, 0.2) is 0 Å². The van der Waals surface area contributed by atoms with E-state index in [4.69, 9.17) is 0 Å². The third-order valence-electron chi connectivity index (χ3n) is 2.76. The Balaban J connectivity index is 2.47. The molecule has 5 heteroatoms. The molecule has 0 fully saturated rings. The molecule has 1 aromatic rings. The zero-order chi connectivity index (χ0) is 15.8. The highest BCUT2D eigenvalue weighted by Crippen LogP contribution is 2.10. The van der Waals surface area contributed by atoms with Crippen LogP contribution in [0.3, 0.4) is 0 Å². The number of carbonyl (C=O) groups is 2. The average Bonchev–Trinajstić information content (AvgIpc) is 2.38. The van der Waals surface area contributed by atoms with Crippen molar-refractivity contribution in [2.45, 2.75) is 46.2 Å². The fourth-order valence-electron chi connectivity index (χ4n) is 1.75. The molecule has 0 aliphatic rings. The summed E-state index contributed by atoms with van der Waals surface area (Å²) in [5.41, 5.74) is 1.29. The molecule has 0 saturated carbocycles. The van der Waals surface area contributed by atoms with Crippen LogP contribution in [0.2, 0.25) is 0 Å². The quantitative estimate of drug-likeness (QED) is 0.721. The number of benzene rings is 1. The minimum atomic E-state index is -0.107. The van der Waals surface area contributed by atoms with Crippen molar-refractivity contribution < 1.29 is 9.59 Å². The highest BCUT2D eigenvalue weighted by Gasteiger charge is 2.07. The van der Waals surface area contributed by atoms with Crippen LogP contribution in [0.1, 0.15) is 44.5 Å². The number of anilines is 1. The molecule has 0 aliphatic carbocycles. The lowest BCUT2D eigenvalue weighted by atomic mass is 10.2. The second-order valence-electron chi connectivity index (χ2n) is 5.61. The Kier molecular flexibility index (Phi) is 6.88. The normalized spacial score (nSPS) is 10.8. The predicted octanol–water partition coefficient (Wildman–Crippen LogP) is 2.15. The van der Waals surface area contributed by atoms with E-state index in [-0.39, 0.29) is 17.9 Å². The van der Waals surface area contributed by atoms with Crippen molar-refractivity contribution in [1.29, 1.82) is 0 Å². The van der Waals surface area contributed by atoms with Gasteiger partial charge in [-0.1, -0.05) is 13.8 Å². The van der Waals surface area contributed by atoms with E-state index in [0.717, 1.165) is 0 Å². The monoisotopic (exact) mass is 291 g/mol. The van der Waals surface area contributed by atoms with Crippen LogP contribution in [0.25, 0.3) is 0 Å². The molecule has 0 saturated heterocycles. The maximum Gasteiger partial charge on any atom is 0.251 e. The molecule has 0 atom stereocenters. The van der Waals surface area contributed by atoms with Gasteiger partial charge in [-0.25, -0.2) is 0 Å². The lowest BCUT2D eigenvalue weighted by Crippen LogP contribution is -2.30. The van der Waals surface area contributed by atoms with Crippen molar-refractivity contribution in [3.05, 3.63) is 29.8 Å². The summed E-state index contributed by atoms with van der Waals surface area (Å²) in [5.74, 6) is -0.147. The summed E-state index contributed by atoms with van der Waals surface area (Å²) in [6.45, 7) is 8.56. The summed E-state index contributed by atoms with van der Waals surface area (Å²) in [6, 6.07) is 7.37. The standard InChI is InChI=1S/C16H25N3O2/c1-11(2)17-10-9-15(20)19-14-7-5-13(6-8-14)16(21)18-12(3)4/h5-8,11-12,17H,9-10H2,1-4H3,(H,18,21)(H,19,20). The van der Waals surface area contributed by atoms with Crippen LogP contribution in [-0.4, -0.2) is 30.4 Å². The Bertz CT molecular complexity index is 467. The van der Waals surface area contributed by atoms with E-state index >= 15 is 0 Å². The molecule has 1 aromatic carbocycles. The molecule has 21 heavy (non-hydrogen) atoms. The highest BCUT2D eigenvalue weighted by molar-refractivity contribution is 5.95. The Labute approximate surface area is 126 Å². The Morgan fingerprint density at radius 1 is 1.00 bits per heavy atom. The molecule has 0 radical (unpaired) electrons. The van der Waals surface area contributed by atoms with E-state index in [1.165, 1.54) is 0 Å². The van der Waals surface area contributed by atoms with Gasteiger partial charge in [-0.05, 0) is 38.1 Å². The number of carbonyl (C=O) groups excluding carboxylic acids is 2. The van der Waals surface area contributed by atoms with Crippen LogP contribution < -0.4 is 16.0 Å². The zero-order valence-electron chi connectivity index (χ0n) is 13.2. The smallest absolute Gasteiger partial charge is 0.251 e. The summed E-state index contributed by atoms with van der Waals surface area (Å²) < 4.78 is 0. The Morgan fingerprint density at radius 3 is 2.14 bits per heavy atom. The van der Waals surface area contributed by atoms with Crippen LogP contribution >= 0.6 is 0 Å². The van der Waals surface area contributed by atoms with Crippen molar-refractivity contribution in [3.8, 4) is 0 Å².